The van der Waals surface area contributed by atoms with Crippen molar-refractivity contribution in [3.63, 3.8) is 0 Å². The molecule has 1 fully saturated rings. The molecule has 1 aromatic carbocycles. The molecule has 0 radical (unpaired) electrons. The van der Waals surface area contributed by atoms with Crippen LogP contribution >= 0.6 is 0 Å². The molecule has 0 aliphatic heterocycles. The lowest BCUT2D eigenvalue weighted by molar-refractivity contribution is -0.142. The maximum absolute atomic E-state index is 13.2. The summed E-state index contributed by atoms with van der Waals surface area (Å²) >= 11 is 0. The summed E-state index contributed by atoms with van der Waals surface area (Å²) in [6.45, 7) is 0. The van der Waals surface area contributed by atoms with E-state index >= 15 is 0 Å². The van der Waals surface area contributed by atoms with Gasteiger partial charge in [-0.25, -0.2) is 4.98 Å². The Kier molecular flexibility index (Phi) is 4.01. The second kappa shape index (κ2) is 5.65. The standard InChI is InChI=1S/C15H15F6N3/c16-14(17,18)7-5-9(15(19,20)21)12-11(6-7)23-13(24-12)8-3-1-2-4-10(8)22/h5-6,8,10H,1-4,22H2,(H,23,24)/t8-,10-/m0/s1. The van der Waals surface area contributed by atoms with E-state index in [1.54, 1.807) is 0 Å². The van der Waals surface area contributed by atoms with Crippen molar-refractivity contribution in [1.29, 1.82) is 0 Å². The second-order valence-electron chi connectivity index (χ2n) is 6.09. The summed E-state index contributed by atoms with van der Waals surface area (Å²) in [5, 5.41) is 0. The Labute approximate surface area is 133 Å². The predicted octanol–water partition coefficient (Wildman–Crippen LogP) is 4.59. The second-order valence-corrected chi connectivity index (χ2v) is 6.09. The highest BCUT2D eigenvalue weighted by Gasteiger charge is 2.39. The molecule has 24 heavy (non-hydrogen) atoms. The molecule has 1 aliphatic rings. The molecule has 0 unspecified atom stereocenters. The van der Waals surface area contributed by atoms with Crippen LogP contribution in [-0.4, -0.2) is 16.0 Å². The summed E-state index contributed by atoms with van der Waals surface area (Å²) in [5.74, 6) is -0.0522. The molecule has 3 rings (SSSR count). The number of benzene rings is 1. The lowest BCUT2D eigenvalue weighted by Gasteiger charge is -2.26. The molecule has 2 atom stereocenters. The molecule has 1 aliphatic carbocycles. The molecular formula is C15H15F6N3. The van der Waals surface area contributed by atoms with Gasteiger partial charge in [-0.2, -0.15) is 26.3 Å². The van der Waals surface area contributed by atoms with Crippen LogP contribution in [0.1, 0.15) is 48.6 Å². The Morgan fingerprint density at radius 1 is 1.00 bits per heavy atom. The fourth-order valence-electron chi connectivity index (χ4n) is 3.19. The Morgan fingerprint density at radius 2 is 1.67 bits per heavy atom. The summed E-state index contributed by atoms with van der Waals surface area (Å²) < 4.78 is 78.2. The molecule has 1 saturated carbocycles. The highest BCUT2D eigenvalue weighted by Crippen LogP contribution is 2.40. The van der Waals surface area contributed by atoms with Crippen molar-refractivity contribution in [3.8, 4) is 0 Å². The predicted molar refractivity (Wildman–Crippen MR) is 75.3 cm³/mol. The van der Waals surface area contributed by atoms with E-state index in [2.05, 4.69) is 9.97 Å². The van der Waals surface area contributed by atoms with E-state index in [4.69, 9.17) is 5.73 Å². The Bertz CT molecular complexity index is 746. The van der Waals surface area contributed by atoms with Gasteiger partial charge in [-0.3, -0.25) is 0 Å². The van der Waals surface area contributed by atoms with E-state index in [1.807, 2.05) is 0 Å². The minimum atomic E-state index is -4.93. The van der Waals surface area contributed by atoms with Gasteiger partial charge in [-0.15, -0.1) is 0 Å². The van der Waals surface area contributed by atoms with Crippen LogP contribution < -0.4 is 5.73 Å². The zero-order chi connectivity index (χ0) is 17.7. The molecule has 9 heteroatoms. The van der Waals surface area contributed by atoms with Crippen molar-refractivity contribution in [2.45, 2.75) is 50.0 Å². The number of nitrogens with one attached hydrogen (secondary N) is 1. The van der Waals surface area contributed by atoms with Gasteiger partial charge in [0.1, 0.15) is 11.3 Å². The quantitative estimate of drug-likeness (QED) is 0.739. The third kappa shape index (κ3) is 3.09. The van der Waals surface area contributed by atoms with Crippen LogP contribution in [0.5, 0.6) is 0 Å². The van der Waals surface area contributed by atoms with E-state index in [0.717, 1.165) is 12.8 Å². The molecule has 0 saturated heterocycles. The fourth-order valence-corrected chi connectivity index (χ4v) is 3.19. The van der Waals surface area contributed by atoms with E-state index < -0.39 is 29.0 Å². The first kappa shape index (κ1) is 17.1. The zero-order valence-electron chi connectivity index (χ0n) is 12.4. The van der Waals surface area contributed by atoms with Gasteiger partial charge in [0.05, 0.1) is 16.6 Å². The molecule has 0 bridgehead atoms. The van der Waals surface area contributed by atoms with Crippen LogP contribution in [0, 0.1) is 0 Å². The summed E-state index contributed by atoms with van der Waals surface area (Å²) in [4.78, 5) is 6.58. The summed E-state index contributed by atoms with van der Waals surface area (Å²) in [7, 11) is 0. The summed E-state index contributed by atoms with van der Waals surface area (Å²) in [6.07, 6.45) is -6.67. The minimum absolute atomic E-state index is 0.105. The average molecular weight is 351 g/mol. The topological polar surface area (TPSA) is 54.7 Å². The van der Waals surface area contributed by atoms with Crippen LogP contribution in [0.25, 0.3) is 11.0 Å². The van der Waals surface area contributed by atoms with Crippen molar-refractivity contribution in [2.75, 3.05) is 0 Å². The number of aromatic nitrogens is 2. The lowest BCUT2D eigenvalue weighted by Crippen LogP contribution is -2.31. The number of nitrogens with two attached hydrogens (primary N) is 1. The van der Waals surface area contributed by atoms with E-state index in [9.17, 15) is 26.3 Å². The van der Waals surface area contributed by atoms with Gasteiger partial charge < -0.3 is 10.7 Å². The Hall–Kier alpha value is -1.77. The van der Waals surface area contributed by atoms with E-state index in [1.165, 1.54) is 0 Å². The van der Waals surface area contributed by atoms with E-state index in [-0.39, 0.29) is 29.4 Å². The highest BCUT2D eigenvalue weighted by molar-refractivity contribution is 5.80. The van der Waals surface area contributed by atoms with Crippen LogP contribution in [0.3, 0.4) is 0 Å². The number of hydrogen-bond acceptors (Lipinski definition) is 2. The van der Waals surface area contributed by atoms with Crippen molar-refractivity contribution in [2.24, 2.45) is 5.73 Å². The van der Waals surface area contributed by atoms with Crippen LogP contribution in [0.15, 0.2) is 12.1 Å². The first-order valence-corrected chi connectivity index (χ1v) is 7.51. The van der Waals surface area contributed by atoms with Crippen molar-refractivity contribution < 1.29 is 26.3 Å². The van der Waals surface area contributed by atoms with Gasteiger partial charge in [-0.05, 0) is 25.0 Å². The third-order valence-electron chi connectivity index (χ3n) is 4.41. The molecule has 3 N–H and O–H groups in total. The molecular weight excluding hydrogens is 336 g/mol. The summed E-state index contributed by atoms with van der Waals surface area (Å²) in [5.41, 5.74) is 2.48. The number of H-pyrrole nitrogens is 1. The lowest BCUT2D eigenvalue weighted by atomic mass is 9.84. The van der Waals surface area contributed by atoms with Gasteiger partial charge in [0.2, 0.25) is 0 Å². The number of aromatic amines is 1. The van der Waals surface area contributed by atoms with E-state index in [0.29, 0.717) is 18.9 Å². The molecule has 132 valence electrons. The molecule has 0 spiro atoms. The number of alkyl halides is 6. The number of rotatable bonds is 1. The summed E-state index contributed by atoms with van der Waals surface area (Å²) in [6, 6.07) is 0.499. The molecule has 0 amide bonds. The van der Waals surface area contributed by atoms with Gasteiger partial charge in [0.15, 0.2) is 0 Å². The monoisotopic (exact) mass is 351 g/mol. The van der Waals surface area contributed by atoms with Gasteiger partial charge in [0.25, 0.3) is 0 Å². The number of hydrogen-bond donors (Lipinski definition) is 2. The number of nitrogens with zero attached hydrogens (tertiary/aromatic N) is 1. The molecule has 3 nitrogen and oxygen atoms in total. The van der Waals surface area contributed by atoms with Crippen LogP contribution in [-0.2, 0) is 12.4 Å². The Balaban J connectivity index is 2.17. The van der Waals surface area contributed by atoms with Crippen LogP contribution in [0.4, 0.5) is 26.3 Å². The van der Waals surface area contributed by atoms with Gasteiger partial charge >= 0.3 is 12.4 Å². The number of fused-ring (bicyclic) bond motifs is 1. The average Bonchev–Trinajstić information content (AvgIpc) is 2.88. The highest BCUT2D eigenvalue weighted by atomic mass is 19.4. The third-order valence-corrected chi connectivity index (χ3v) is 4.41. The zero-order valence-corrected chi connectivity index (χ0v) is 12.4. The number of halogens is 6. The largest absolute Gasteiger partial charge is 0.418 e. The first-order chi connectivity index (χ1) is 11.1. The SMILES string of the molecule is N[C@H]1CCCC[C@@H]1c1nc2c(C(F)(F)F)cc(C(F)(F)F)cc2[nH]1. The fraction of sp³-hybridized carbons (Fsp3) is 0.533. The minimum Gasteiger partial charge on any atom is -0.342 e. The maximum atomic E-state index is 13.2. The van der Waals surface area contributed by atoms with Crippen LogP contribution in [0.2, 0.25) is 0 Å². The van der Waals surface area contributed by atoms with Crippen molar-refractivity contribution >= 4 is 11.0 Å². The number of imidazole rings is 1. The normalized spacial score (nSPS) is 23.0. The van der Waals surface area contributed by atoms with Crippen molar-refractivity contribution in [1.82, 2.24) is 9.97 Å². The maximum Gasteiger partial charge on any atom is 0.418 e. The van der Waals surface area contributed by atoms with Gasteiger partial charge in [0, 0.05) is 12.0 Å². The van der Waals surface area contributed by atoms with Crippen molar-refractivity contribution in [3.05, 3.63) is 29.1 Å². The molecule has 1 heterocycles. The molecule has 2 aromatic rings. The molecule has 1 aromatic heterocycles. The smallest absolute Gasteiger partial charge is 0.342 e. The van der Waals surface area contributed by atoms with Gasteiger partial charge in [-0.1, -0.05) is 12.8 Å². The first-order valence-electron chi connectivity index (χ1n) is 7.51. The Morgan fingerprint density at radius 3 is 2.25 bits per heavy atom.